The van der Waals surface area contributed by atoms with Crippen LogP contribution in [0.25, 0.3) is 0 Å². The standard InChI is InChI=1S/C18H38O/c1-14(2)8-10-16(4)17(13-19)11-9-15(3)12-18(5,6)7/h14-17,19H,8-13H2,1-7H3. The van der Waals surface area contributed by atoms with Crippen molar-refractivity contribution < 1.29 is 5.11 Å². The van der Waals surface area contributed by atoms with E-state index in [4.69, 9.17) is 0 Å². The molecule has 0 aromatic carbocycles. The first-order valence-corrected chi connectivity index (χ1v) is 8.26. The Labute approximate surface area is 122 Å². The van der Waals surface area contributed by atoms with Gasteiger partial charge in [-0.1, -0.05) is 67.7 Å². The van der Waals surface area contributed by atoms with Crippen LogP contribution in [0.4, 0.5) is 0 Å². The van der Waals surface area contributed by atoms with E-state index in [9.17, 15) is 5.11 Å². The fourth-order valence-electron chi connectivity index (χ4n) is 3.03. The number of rotatable bonds is 9. The van der Waals surface area contributed by atoms with Crippen LogP contribution in [-0.4, -0.2) is 11.7 Å². The van der Waals surface area contributed by atoms with Gasteiger partial charge < -0.3 is 5.11 Å². The smallest absolute Gasteiger partial charge is 0.0461 e. The summed E-state index contributed by atoms with van der Waals surface area (Å²) in [6.07, 6.45) is 6.28. The molecule has 0 spiro atoms. The zero-order chi connectivity index (χ0) is 15.1. The highest BCUT2D eigenvalue weighted by Crippen LogP contribution is 2.30. The molecule has 0 saturated carbocycles. The second-order valence-corrected chi connectivity index (χ2v) is 8.34. The summed E-state index contributed by atoms with van der Waals surface area (Å²) < 4.78 is 0. The van der Waals surface area contributed by atoms with Crippen LogP contribution in [0.1, 0.15) is 80.6 Å². The summed E-state index contributed by atoms with van der Waals surface area (Å²) >= 11 is 0. The van der Waals surface area contributed by atoms with E-state index in [1.165, 1.54) is 32.1 Å². The van der Waals surface area contributed by atoms with Crippen molar-refractivity contribution in [2.24, 2.45) is 29.1 Å². The number of hydrogen-bond donors (Lipinski definition) is 1. The molecule has 0 fully saturated rings. The molecule has 0 heterocycles. The third-order valence-corrected chi connectivity index (χ3v) is 4.23. The van der Waals surface area contributed by atoms with Gasteiger partial charge in [-0.05, 0) is 41.9 Å². The highest BCUT2D eigenvalue weighted by Gasteiger charge is 2.20. The molecule has 0 aromatic rings. The average molecular weight is 271 g/mol. The van der Waals surface area contributed by atoms with Gasteiger partial charge in [0.25, 0.3) is 0 Å². The zero-order valence-electron chi connectivity index (χ0n) is 14.5. The number of aliphatic hydroxyl groups is 1. The molecule has 0 aliphatic carbocycles. The molecule has 0 saturated heterocycles. The molecule has 0 radical (unpaired) electrons. The fourth-order valence-corrected chi connectivity index (χ4v) is 3.03. The van der Waals surface area contributed by atoms with E-state index in [-0.39, 0.29) is 0 Å². The third-order valence-electron chi connectivity index (χ3n) is 4.23. The Kier molecular flexibility index (Phi) is 8.98. The Morgan fingerprint density at radius 3 is 1.84 bits per heavy atom. The van der Waals surface area contributed by atoms with Crippen molar-refractivity contribution in [3.8, 4) is 0 Å². The number of hydrogen-bond acceptors (Lipinski definition) is 1. The highest BCUT2D eigenvalue weighted by atomic mass is 16.3. The Morgan fingerprint density at radius 2 is 1.42 bits per heavy atom. The van der Waals surface area contributed by atoms with Crippen LogP contribution in [-0.2, 0) is 0 Å². The topological polar surface area (TPSA) is 20.2 Å². The lowest BCUT2D eigenvalue weighted by Gasteiger charge is -2.27. The molecule has 1 N–H and O–H groups in total. The fraction of sp³-hybridized carbons (Fsp3) is 1.00. The molecule has 0 bridgehead atoms. The van der Waals surface area contributed by atoms with Crippen LogP contribution in [0.2, 0.25) is 0 Å². The molecule has 0 aromatic heterocycles. The second kappa shape index (κ2) is 9.00. The predicted octanol–water partition coefficient (Wildman–Crippen LogP) is 5.52. The first kappa shape index (κ1) is 19.0. The number of aliphatic hydroxyl groups excluding tert-OH is 1. The third kappa shape index (κ3) is 10.4. The van der Waals surface area contributed by atoms with Crippen molar-refractivity contribution in [3.63, 3.8) is 0 Å². The first-order chi connectivity index (χ1) is 8.65. The summed E-state index contributed by atoms with van der Waals surface area (Å²) in [5, 5.41) is 9.61. The van der Waals surface area contributed by atoms with Crippen molar-refractivity contribution in [2.45, 2.75) is 80.6 Å². The zero-order valence-corrected chi connectivity index (χ0v) is 14.5. The predicted molar refractivity (Wildman–Crippen MR) is 86.3 cm³/mol. The first-order valence-electron chi connectivity index (χ1n) is 8.26. The average Bonchev–Trinajstić information content (AvgIpc) is 2.24. The van der Waals surface area contributed by atoms with Gasteiger partial charge >= 0.3 is 0 Å². The summed E-state index contributed by atoms with van der Waals surface area (Å²) in [6, 6.07) is 0. The Balaban J connectivity index is 4.04. The Morgan fingerprint density at radius 1 is 0.842 bits per heavy atom. The van der Waals surface area contributed by atoms with E-state index < -0.39 is 0 Å². The normalized spacial score (nSPS) is 17.5. The lowest BCUT2D eigenvalue weighted by atomic mass is 9.80. The second-order valence-electron chi connectivity index (χ2n) is 8.34. The van der Waals surface area contributed by atoms with Crippen molar-refractivity contribution in [3.05, 3.63) is 0 Å². The van der Waals surface area contributed by atoms with E-state index in [1.807, 2.05) is 0 Å². The molecule has 19 heavy (non-hydrogen) atoms. The Hall–Kier alpha value is -0.0400. The molecular formula is C18H38O. The van der Waals surface area contributed by atoms with Gasteiger partial charge in [0.15, 0.2) is 0 Å². The van der Waals surface area contributed by atoms with Gasteiger partial charge in [-0.25, -0.2) is 0 Å². The summed E-state index contributed by atoms with van der Waals surface area (Å²) in [5.74, 6) is 2.71. The molecular weight excluding hydrogens is 232 g/mol. The van der Waals surface area contributed by atoms with Crippen LogP contribution in [0.3, 0.4) is 0 Å². The van der Waals surface area contributed by atoms with E-state index in [1.54, 1.807) is 0 Å². The lowest BCUT2D eigenvalue weighted by Crippen LogP contribution is -2.19. The lowest BCUT2D eigenvalue weighted by molar-refractivity contribution is 0.153. The van der Waals surface area contributed by atoms with Crippen LogP contribution in [0, 0.1) is 29.1 Å². The monoisotopic (exact) mass is 270 g/mol. The van der Waals surface area contributed by atoms with Crippen molar-refractivity contribution in [2.75, 3.05) is 6.61 Å². The molecule has 0 rings (SSSR count). The van der Waals surface area contributed by atoms with Gasteiger partial charge in [0.1, 0.15) is 0 Å². The minimum Gasteiger partial charge on any atom is -0.396 e. The van der Waals surface area contributed by atoms with Gasteiger partial charge in [-0.15, -0.1) is 0 Å². The van der Waals surface area contributed by atoms with Gasteiger partial charge in [0, 0.05) is 6.61 Å². The van der Waals surface area contributed by atoms with Crippen molar-refractivity contribution in [1.29, 1.82) is 0 Å². The minimum atomic E-state index is 0.363. The van der Waals surface area contributed by atoms with E-state index >= 15 is 0 Å². The van der Waals surface area contributed by atoms with Gasteiger partial charge in [-0.3, -0.25) is 0 Å². The molecule has 1 heteroatoms. The highest BCUT2D eigenvalue weighted by molar-refractivity contribution is 4.71. The summed E-state index contributed by atoms with van der Waals surface area (Å²) in [4.78, 5) is 0. The summed E-state index contributed by atoms with van der Waals surface area (Å²) in [5.41, 5.74) is 0.428. The van der Waals surface area contributed by atoms with Crippen LogP contribution < -0.4 is 0 Å². The minimum absolute atomic E-state index is 0.363. The van der Waals surface area contributed by atoms with Gasteiger partial charge in [0.05, 0.1) is 0 Å². The van der Waals surface area contributed by atoms with Crippen molar-refractivity contribution >= 4 is 0 Å². The molecule has 0 aliphatic rings. The van der Waals surface area contributed by atoms with E-state index in [0.29, 0.717) is 23.9 Å². The molecule has 3 unspecified atom stereocenters. The Bertz CT molecular complexity index is 214. The van der Waals surface area contributed by atoms with E-state index in [2.05, 4.69) is 48.5 Å². The quantitative estimate of drug-likeness (QED) is 0.585. The largest absolute Gasteiger partial charge is 0.396 e. The maximum absolute atomic E-state index is 9.61. The van der Waals surface area contributed by atoms with Gasteiger partial charge in [-0.2, -0.15) is 0 Å². The molecule has 116 valence electrons. The van der Waals surface area contributed by atoms with Crippen LogP contribution in [0.5, 0.6) is 0 Å². The summed E-state index contributed by atoms with van der Waals surface area (Å²) in [6.45, 7) is 16.6. The van der Waals surface area contributed by atoms with Gasteiger partial charge in [0.2, 0.25) is 0 Å². The SMILES string of the molecule is CC(C)CCC(C)C(CO)CCC(C)CC(C)(C)C. The van der Waals surface area contributed by atoms with Crippen LogP contribution >= 0.6 is 0 Å². The summed E-state index contributed by atoms with van der Waals surface area (Å²) in [7, 11) is 0. The van der Waals surface area contributed by atoms with E-state index in [0.717, 1.165) is 11.8 Å². The van der Waals surface area contributed by atoms with Crippen LogP contribution in [0.15, 0.2) is 0 Å². The maximum atomic E-state index is 9.61. The maximum Gasteiger partial charge on any atom is 0.0461 e. The molecule has 3 atom stereocenters. The molecule has 1 nitrogen and oxygen atoms in total. The molecule has 0 amide bonds. The van der Waals surface area contributed by atoms with Crippen molar-refractivity contribution in [1.82, 2.24) is 0 Å². The molecule has 0 aliphatic heterocycles.